The summed E-state index contributed by atoms with van der Waals surface area (Å²) in [5, 5.41) is 10.2. The molecule has 0 aliphatic heterocycles. The number of esters is 1. The van der Waals surface area contributed by atoms with E-state index in [4.69, 9.17) is 10.5 Å². The van der Waals surface area contributed by atoms with Crippen LogP contribution in [0.2, 0.25) is 0 Å². The van der Waals surface area contributed by atoms with Gasteiger partial charge in [-0.2, -0.15) is 0 Å². The number of carbonyl (C=O) groups is 1. The number of nitrogens with zero attached hydrogens (tertiary/aromatic N) is 1. The number of rotatable bonds is 5. The van der Waals surface area contributed by atoms with E-state index in [1.54, 1.807) is 12.1 Å². The van der Waals surface area contributed by atoms with Crippen molar-refractivity contribution >= 4 is 11.7 Å². The quantitative estimate of drug-likeness (QED) is 0.520. The molecule has 2 aromatic rings. The van der Waals surface area contributed by atoms with Gasteiger partial charge in [0.2, 0.25) is 0 Å². The summed E-state index contributed by atoms with van der Waals surface area (Å²) in [6, 6.07) is 16.1. The SMILES string of the molecule is CCc1ccc([N+](=O)[O-])cc1.NCC(=O)OCc1ccccc1. The number of benzene rings is 2. The summed E-state index contributed by atoms with van der Waals surface area (Å²) in [7, 11) is 0. The van der Waals surface area contributed by atoms with Gasteiger partial charge >= 0.3 is 5.97 Å². The number of hydrogen-bond donors (Lipinski definition) is 1. The maximum atomic E-state index is 10.6. The minimum absolute atomic E-state index is 0.0627. The van der Waals surface area contributed by atoms with Gasteiger partial charge in [0, 0.05) is 12.1 Å². The third kappa shape index (κ3) is 7.19. The summed E-state index contributed by atoms with van der Waals surface area (Å²) in [5.74, 6) is -0.376. The maximum Gasteiger partial charge on any atom is 0.320 e. The lowest BCUT2D eigenvalue weighted by Crippen LogP contribution is -2.16. The van der Waals surface area contributed by atoms with Crippen LogP contribution >= 0.6 is 0 Å². The Kier molecular flexibility index (Phi) is 8.02. The van der Waals surface area contributed by atoms with Crippen molar-refractivity contribution in [3.63, 3.8) is 0 Å². The molecule has 23 heavy (non-hydrogen) atoms. The van der Waals surface area contributed by atoms with Gasteiger partial charge in [-0.1, -0.05) is 49.4 Å². The van der Waals surface area contributed by atoms with E-state index in [-0.39, 0.29) is 23.1 Å². The Morgan fingerprint density at radius 2 is 1.70 bits per heavy atom. The van der Waals surface area contributed by atoms with E-state index in [0.29, 0.717) is 6.61 Å². The van der Waals surface area contributed by atoms with Gasteiger partial charge in [-0.25, -0.2) is 0 Å². The number of nitrogens with two attached hydrogens (primary N) is 1. The molecule has 0 unspecified atom stereocenters. The standard InChI is InChI=1S/C9H11NO2.C8H9NO2/c10-6-9(11)12-7-8-4-2-1-3-5-8;1-2-7-3-5-8(6-4-7)9(10)11/h1-5H,6-7,10H2;3-6H,2H2,1H3. The van der Waals surface area contributed by atoms with Gasteiger partial charge in [0.15, 0.2) is 0 Å². The first-order valence-corrected chi connectivity index (χ1v) is 7.19. The Morgan fingerprint density at radius 1 is 1.09 bits per heavy atom. The molecule has 0 saturated heterocycles. The average molecular weight is 316 g/mol. The molecule has 0 radical (unpaired) electrons. The van der Waals surface area contributed by atoms with Gasteiger partial charge in [-0.05, 0) is 17.5 Å². The van der Waals surface area contributed by atoms with Crippen LogP contribution in [0.5, 0.6) is 0 Å². The third-order valence-electron chi connectivity index (χ3n) is 2.96. The van der Waals surface area contributed by atoms with Crippen molar-refractivity contribution in [2.24, 2.45) is 5.73 Å². The molecule has 0 heterocycles. The van der Waals surface area contributed by atoms with Crippen LogP contribution < -0.4 is 5.73 Å². The molecule has 2 N–H and O–H groups in total. The number of ether oxygens (including phenoxy) is 1. The second-order valence-corrected chi connectivity index (χ2v) is 4.63. The molecule has 0 fully saturated rings. The van der Waals surface area contributed by atoms with Crippen LogP contribution in [0.4, 0.5) is 5.69 Å². The second-order valence-electron chi connectivity index (χ2n) is 4.63. The van der Waals surface area contributed by atoms with E-state index in [9.17, 15) is 14.9 Å². The smallest absolute Gasteiger partial charge is 0.320 e. The molecule has 122 valence electrons. The highest BCUT2D eigenvalue weighted by atomic mass is 16.6. The van der Waals surface area contributed by atoms with Crippen LogP contribution in [-0.2, 0) is 22.6 Å². The Labute approximate surface area is 135 Å². The molecule has 0 bridgehead atoms. The molecular weight excluding hydrogens is 296 g/mol. The Balaban J connectivity index is 0.000000231. The highest BCUT2D eigenvalue weighted by Crippen LogP contribution is 2.11. The number of nitro groups is 1. The fraction of sp³-hybridized carbons (Fsp3) is 0.235. The van der Waals surface area contributed by atoms with Crippen molar-refractivity contribution in [1.82, 2.24) is 0 Å². The number of nitro benzene ring substituents is 1. The average Bonchev–Trinajstić information content (AvgIpc) is 2.61. The predicted molar refractivity (Wildman–Crippen MR) is 87.8 cm³/mol. The lowest BCUT2D eigenvalue weighted by atomic mass is 10.2. The third-order valence-corrected chi connectivity index (χ3v) is 2.96. The summed E-state index contributed by atoms with van der Waals surface area (Å²) in [5.41, 5.74) is 7.31. The molecule has 0 aliphatic carbocycles. The molecule has 2 rings (SSSR count). The van der Waals surface area contributed by atoms with E-state index in [2.05, 4.69) is 0 Å². The first-order valence-electron chi connectivity index (χ1n) is 7.19. The van der Waals surface area contributed by atoms with E-state index < -0.39 is 0 Å². The second kappa shape index (κ2) is 10.1. The van der Waals surface area contributed by atoms with Gasteiger partial charge in [-0.15, -0.1) is 0 Å². The molecule has 0 aliphatic rings. The van der Waals surface area contributed by atoms with Crippen LogP contribution in [-0.4, -0.2) is 17.4 Å². The molecule has 0 saturated carbocycles. The van der Waals surface area contributed by atoms with Crippen LogP contribution in [0.1, 0.15) is 18.1 Å². The fourth-order valence-corrected chi connectivity index (χ4v) is 1.65. The molecule has 0 aromatic heterocycles. The molecule has 6 heteroatoms. The molecule has 6 nitrogen and oxygen atoms in total. The van der Waals surface area contributed by atoms with Gasteiger partial charge in [0.25, 0.3) is 5.69 Å². The normalized spacial score (nSPS) is 9.48. The van der Waals surface area contributed by atoms with E-state index in [1.807, 2.05) is 37.3 Å². The van der Waals surface area contributed by atoms with E-state index in [0.717, 1.165) is 17.5 Å². The highest BCUT2D eigenvalue weighted by Gasteiger charge is 2.01. The molecule has 0 spiro atoms. The minimum Gasteiger partial charge on any atom is -0.460 e. The summed E-state index contributed by atoms with van der Waals surface area (Å²) in [6.07, 6.45) is 0.915. The summed E-state index contributed by atoms with van der Waals surface area (Å²) in [4.78, 5) is 20.5. The summed E-state index contributed by atoms with van der Waals surface area (Å²) < 4.78 is 4.81. The van der Waals surface area contributed by atoms with Gasteiger partial charge in [0.05, 0.1) is 11.5 Å². The first kappa shape index (κ1) is 18.3. The van der Waals surface area contributed by atoms with E-state index >= 15 is 0 Å². The monoisotopic (exact) mass is 316 g/mol. The van der Waals surface area contributed by atoms with Crippen molar-refractivity contribution in [1.29, 1.82) is 0 Å². The van der Waals surface area contributed by atoms with Crippen LogP contribution in [0.15, 0.2) is 54.6 Å². The van der Waals surface area contributed by atoms with Gasteiger partial charge in [-0.3, -0.25) is 14.9 Å². The van der Waals surface area contributed by atoms with Gasteiger partial charge in [0.1, 0.15) is 6.61 Å². The van der Waals surface area contributed by atoms with Crippen molar-refractivity contribution < 1.29 is 14.5 Å². The van der Waals surface area contributed by atoms with Crippen LogP contribution in [0.3, 0.4) is 0 Å². The number of non-ortho nitro benzene ring substituents is 1. The van der Waals surface area contributed by atoms with Crippen molar-refractivity contribution in [2.45, 2.75) is 20.0 Å². The van der Waals surface area contributed by atoms with Crippen LogP contribution in [0.25, 0.3) is 0 Å². The fourth-order valence-electron chi connectivity index (χ4n) is 1.65. The Bertz CT molecular complexity index is 612. The zero-order chi connectivity index (χ0) is 17.1. The Hall–Kier alpha value is -2.73. The lowest BCUT2D eigenvalue weighted by Gasteiger charge is -2.01. The minimum atomic E-state index is -0.389. The zero-order valence-electron chi connectivity index (χ0n) is 13.0. The topological polar surface area (TPSA) is 95.5 Å². The molecule has 2 aromatic carbocycles. The molecule has 0 amide bonds. The van der Waals surface area contributed by atoms with Crippen molar-refractivity contribution in [2.75, 3.05) is 6.54 Å². The molecule has 0 atom stereocenters. The lowest BCUT2D eigenvalue weighted by molar-refractivity contribution is -0.384. The summed E-state index contributed by atoms with van der Waals surface area (Å²) in [6.45, 7) is 2.25. The van der Waals surface area contributed by atoms with Crippen molar-refractivity contribution in [3.8, 4) is 0 Å². The number of carbonyl (C=O) groups excluding carboxylic acids is 1. The zero-order valence-corrected chi connectivity index (χ0v) is 13.0. The van der Waals surface area contributed by atoms with E-state index in [1.165, 1.54) is 12.1 Å². The molecular formula is C17H20N2O4. The van der Waals surface area contributed by atoms with Gasteiger partial charge < -0.3 is 10.5 Å². The predicted octanol–water partition coefficient (Wildman–Crippen LogP) is 2.85. The largest absolute Gasteiger partial charge is 0.460 e. The number of hydrogen-bond acceptors (Lipinski definition) is 5. The first-order chi connectivity index (χ1) is 11.1. The number of aryl methyl sites for hydroxylation is 1. The highest BCUT2D eigenvalue weighted by molar-refractivity contribution is 5.71. The van der Waals surface area contributed by atoms with Crippen molar-refractivity contribution in [3.05, 3.63) is 75.8 Å². The summed E-state index contributed by atoms with van der Waals surface area (Å²) >= 11 is 0. The Morgan fingerprint density at radius 3 is 2.17 bits per heavy atom. The van der Waals surface area contributed by atoms with Crippen LogP contribution in [0, 0.1) is 10.1 Å². The maximum absolute atomic E-state index is 10.6.